The standard InChI is InChI=1S/C29H35N7/c1-21(34-26-11-2-3-12-27(26)35-15-4-5-16-35)33-24-10-6-8-22(18-24)23-9-7-17-36(19-23)29-25-13-14-30-28(25)31-20-32-29/h2-3,6,8,10-14,18,20-21,23,33-34H,4-5,7,9,15-17,19H2,1H3,(H,30,31,32). The number of nitrogens with one attached hydrogen (secondary N) is 3. The van der Waals surface area contributed by atoms with E-state index in [2.05, 4.69) is 96.9 Å². The van der Waals surface area contributed by atoms with Crippen LogP contribution in [0.15, 0.2) is 67.1 Å². The SMILES string of the molecule is CC(Nc1cccc(C2CCCN(c3ncnc4[nH]ccc34)C2)c1)Nc1ccccc1N1CCCC1. The highest BCUT2D eigenvalue weighted by Crippen LogP contribution is 2.33. The average molecular weight is 482 g/mol. The van der Waals surface area contributed by atoms with Gasteiger partial charge in [-0.3, -0.25) is 0 Å². The van der Waals surface area contributed by atoms with Crippen LogP contribution in [0.2, 0.25) is 0 Å². The summed E-state index contributed by atoms with van der Waals surface area (Å²) in [5.74, 6) is 1.51. The minimum Gasteiger partial charge on any atom is -0.370 e. The highest BCUT2D eigenvalue weighted by atomic mass is 15.2. The number of aromatic amines is 1. The summed E-state index contributed by atoms with van der Waals surface area (Å²) in [5, 5.41) is 8.48. The summed E-state index contributed by atoms with van der Waals surface area (Å²) in [7, 11) is 0. The Hall–Kier alpha value is -3.74. The average Bonchev–Trinajstić information content (AvgIpc) is 3.62. The lowest BCUT2D eigenvalue weighted by Gasteiger charge is -2.34. The van der Waals surface area contributed by atoms with Crippen molar-refractivity contribution in [3.05, 3.63) is 72.7 Å². The number of hydrogen-bond donors (Lipinski definition) is 3. The zero-order valence-electron chi connectivity index (χ0n) is 21.0. The van der Waals surface area contributed by atoms with Crippen molar-refractivity contribution in [1.82, 2.24) is 15.0 Å². The van der Waals surface area contributed by atoms with Crippen LogP contribution in [0.3, 0.4) is 0 Å². The quantitative estimate of drug-likeness (QED) is 0.289. The number of rotatable bonds is 7. The topological polar surface area (TPSA) is 72.1 Å². The maximum Gasteiger partial charge on any atom is 0.142 e. The van der Waals surface area contributed by atoms with Crippen LogP contribution in [0.1, 0.15) is 44.1 Å². The van der Waals surface area contributed by atoms with Gasteiger partial charge in [-0.2, -0.15) is 0 Å². The number of hydrogen-bond acceptors (Lipinski definition) is 6. The summed E-state index contributed by atoms with van der Waals surface area (Å²) in [6, 6.07) is 19.7. The summed E-state index contributed by atoms with van der Waals surface area (Å²) in [6.45, 7) is 6.48. The lowest BCUT2D eigenvalue weighted by molar-refractivity contribution is 0.508. The van der Waals surface area contributed by atoms with Gasteiger partial charge in [-0.25, -0.2) is 9.97 Å². The highest BCUT2D eigenvalue weighted by molar-refractivity contribution is 5.87. The predicted octanol–water partition coefficient (Wildman–Crippen LogP) is 5.81. The van der Waals surface area contributed by atoms with Gasteiger partial charge in [-0.15, -0.1) is 0 Å². The van der Waals surface area contributed by atoms with Crippen LogP contribution in [0.4, 0.5) is 22.9 Å². The molecule has 4 heterocycles. The fraction of sp³-hybridized carbons (Fsp3) is 0.379. The van der Waals surface area contributed by atoms with E-state index in [0.717, 1.165) is 55.1 Å². The van der Waals surface area contributed by atoms with Crippen molar-refractivity contribution in [3.63, 3.8) is 0 Å². The molecular weight excluding hydrogens is 446 g/mol. The number of fused-ring (bicyclic) bond motifs is 1. The Balaban J connectivity index is 1.14. The molecule has 0 amide bonds. The Morgan fingerprint density at radius 1 is 0.917 bits per heavy atom. The Morgan fingerprint density at radius 3 is 2.69 bits per heavy atom. The van der Waals surface area contributed by atoms with E-state index in [9.17, 15) is 0 Å². The smallest absolute Gasteiger partial charge is 0.142 e. The largest absolute Gasteiger partial charge is 0.370 e. The third-order valence-electron chi connectivity index (χ3n) is 7.52. The van der Waals surface area contributed by atoms with Crippen molar-refractivity contribution in [2.75, 3.05) is 46.6 Å². The molecule has 2 atom stereocenters. The molecule has 4 aromatic rings. The fourth-order valence-electron chi connectivity index (χ4n) is 5.78. The molecule has 2 fully saturated rings. The third kappa shape index (κ3) is 4.70. The lowest BCUT2D eigenvalue weighted by Crippen LogP contribution is -2.35. The van der Waals surface area contributed by atoms with Crippen molar-refractivity contribution in [3.8, 4) is 0 Å². The number of nitrogens with zero attached hydrogens (tertiary/aromatic N) is 4. The molecule has 36 heavy (non-hydrogen) atoms. The van der Waals surface area contributed by atoms with Gasteiger partial charge in [-0.1, -0.05) is 24.3 Å². The van der Waals surface area contributed by atoms with Crippen molar-refractivity contribution in [2.24, 2.45) is 0 Å². The molecule has 3 N–H and O–H groups in total. The molecule has 0 radical (unpaired) electrons. The summed E-state index contributed by atoms with van der Waals surface area (Å²) in [4.78, 5) is 17.1. The van der Waals surface area contributed by atoms with Crippen LogP contribution in [0.5, 0.6) is 0 Å². The molecule has 2 aliphatic rings. The Kier molecular flexibility index (Phi) is 6.36. The molecule has 6 rings (SSSR count). The first-order valence-corrected chi connectivity index (χ1v) is 13.2. The van der Waals surface area contributed by atoms with Crippen molar-refractivity contribution >= 4 is 33.9 Å². The van der Waals surface area contributed by atoms with Crippen molar-refractivity contribution in [2.45, 2.75) is 44.7 Å². The minimum atomic E-state index is 0.106. The molecule has 7 nitrogen and oxygen atoms in total. The van der Waals surface area contributed by atoms with Crippen LogP contribution in [-0.2, 0) is 0 Å². The molecule has 2 unspecified atom stereocenters. The van der Waals surface area contributed by atoms with E-state index in [0.29, 0.717) is 5.92 Å². The van der Waals surface area contributed by atoms with E-state index < -0.39 is 0 Å². The molecular formula is C29H35N7. The van der Waals surface area contributed by atoms with E-state index in [-0.39, 0.29) is 6.17 Å². The van der Waals surface area contributed by atoms with Crippen LogP contribution in [0.25, 0.3) is 11.0 Å². The summed E-state index contributed by atoms with van der Waals surface area (Å²) in [5.41, 5.74) is 5.94. The molecule has 7 heteroatoms. The van der Waals surface area contributed by atoms with E-state index in [1.807, 2.05) is 6.20 Å². The van der Waals surface area contributed by atoms with Crippen molar-refractivity contribution in [1.29, 1.82) is 0 Å². The first-order valence-electron chi connectivity index (χ1n) is 13.2. The summed E-state index contributed by atoms with van der Waals surface area (Å²) >= 11 is 0. The second-order valence-electron chi connectivity index (χ2n) is 10.1. The monoisotopic (exact) mass is 481 g/mol. The van der Waals surface area contributed by atoms with Crippen LogP contribution < -0.4 is 20.4 Å². The molecule has 2 saturated heterocycles. The molecule has 186 valence electrons. The molecule has 0 saturated carbocycles. The van der Waals surface area contributed by atoms with Gasteiger partial charge < -0.3 is 25.4 Å². The molecule has 0 spiro atoms. The number of anilines is 4. The fourth-order valence-corrected chi connectivity index (χ4v) is 5.78. The highest BCUT2D eigenvalue weighted by Gasteiger charge is 2.24. The second-order valence-corrected chi connectivity index (χ2v) is 10.1. The zero-order chi connectivity index (χ0) is 24.3. The maximum atomic E-state index is 4.63. The molecule has 0 bridgehead atoms. The van der Waals surface area contributed by atoms with Gasteiger partial charge in [0.1, 0.15) is 17.8 Å². The van der Waals surface area contributed by atoms with Gasteiger partial charge in [0.15, 0.2) is 0 Å². The predicted molar refractivity (Wildman–Crippen MR) is 149 cm³/mol. The number of H-pyrrole nitrogens is 1. The minimum absolute atomic E-state index is 0.106. The zero-order valence-corrected chi connectivity index (χ0v) is 21.0. The van der Waals surface area contributed by atoms with Gasteiger partial charge in [0.05, 0.1) is 22.9 Å². The Labute approximate surface area is 212 Å². The molecule has 2 aromatic carbocycles. The Bertz CT molecular complexity index is 1310. The second kappa shape index (κ2) is 10.1. The molecule has 2 aromatic heterocycles. The molecule has 0 aliphatic carbocycles. The van der Waals surface area contributed by atoms with Gasteiger partial charge in [0.2, 0.25) is 0 Å². The summed E-state index contributed by atoms with van der Waals surface area (Å²) < 4.78 is 0. The van der Waals surface area contributed by atoms with E-state index in [1.54, 1.807) is 6.33 Å². The van der Waals surface area contributed by atoms with Gasteiger partial charge >= 0.3 is 0 Å². The van der Waals surface area contributed by atoms with Gasteiger partial charge in [0.25, 0.3) is 0 Å². The van der Waals surface area contributed by atoms with E-state index >= 15 is 0 Å². The van der Waals surface area contributed by atoms with Crippen molar-refractivity contribution < 1.29 is 0 Å². The van der Waals surface area contributed by atoms with Crippen LogP contribution >= 0.6 is 0 Å². The third-order valence-corrected chi connectivity index (χ3v) is 7.52. The first kappa shape index (κ1) is 22.7. The number of piperidine rings is 1. The number of benzene rings is 2. The van der Waals surface area contributed by atoms with Gasteiger partial charge in [-0.05, 0) is 68.5 Å². The van der Waals surface area contributed by atoms with E-state index in [1.165, 1.54) is 36.2 Å². The Morgan fingerprint density at radius 2 is 1.78 bits per heavy atom. The number of aromatic nitrogens is 3. The normalized spacial score (nSPS) is 19.0. The lowest BCUT2D eigenvalue weighted by atomic mass is 9.90. The van der Waals surface area contributed by atoms with Crippen LogP contribution in [0, 0.1) is 0 Å². The van der Waals surface area contributed by atoms with Crippen LogP contribution in [-0.4, -0.2) is 47.3 Å². The van der Waals surface area contributed by atoms with E-state index in [4.69, 9.17) is 0 Å². The first-order chi connectivity index (χ1) is 17.7. The number of para-hydroxylation sites is 2. The maximum absolute atomic E-state index is 4.63. The summed E-state index contributed by atoms with van der Waals surface area (Å²) in [6.07, 6.45) is 8.62. The van der Waals surface area contributed by atoms with Gasteiger partial charge in [0, 0.05) is 44.0 Å². The molecule has 2 aliphatic heterocycles.